The first-order chi connectivity index (χ1) is 12.0. The predicted octanol–water partition coefficient (Wildman–Crippen LogP) is 4.01. The summed E-state index contributed by atoms with van der Waals surface area (Å²) in [5.74, 6) is -0.396. The molecule has 2 heterocycles. The SMILES string of the molecule is Cc1c(C(N)=O)c(-c2ccccc2Cl)c(C)n1CCN1CCCCC1. The number of piperidine rings is 1. The number of hydrogen-bond donors (Lipinski definition) is 1. The molecule has 1 aromatic heterocycles. The summed E-state index contributed by atoms with van der Waals surface area (Å²) in [7, 11) is 0. The van der Waals surface area contributed by atoms with Crippen molar-refractivity contribution in [2.45, 2.75) is 39.7 Å². The van der Waals surface area contributed by atoms with E-state index in [4.69, 9.17) is 17.3 Å². The van der Waals surface area contributed by atoms with Gasteiger partial charge in [-0.1, -0.05) is 36.2 Å². The highest BCUT2D eigenvalue weighted by atomic mass is 35.5. The lowest BCUT2D eigenvalue weighted by atomic mass is 10.00. The topological polar surface area (TPSA) is 51.3 Å². The minimum absolute atomic E-state index is 0.396. The number of nitrogens with two attached hydrogens (primary N) is 1. The van der Waals surface area contributed by atoms with Crippen molar-refractivity contribution in [3.8, 4) is 11.1 Å². The third kappa shape index (κ3) is 3.60. The molecule has 0 saturated carbocycles. The van der Waals surface area contributed by atoms with Gasteiger partial charge >= 0.3 is 0 Å². The number of carbonyl (C=O) groups is 1. The lowest BCUT2D eigenvalue weighted by Crippen LogP contribution is -2.32. The zero-order valence-corrected chi connectivity index (χ0v) is 15.8. The number of rotatable bonds is 5. The number of primary amides is 1. The van der Waals surface area contributed by atoms with Gasteiger partial charge in [-0.15, -0.1) is 0 Å². The van der Waals surface area contributed by atoms with E-state index in [9.17, 15) is 4.79 Å². The summed E-state index contributed by atoms with van der Waals surface area (Å²) < 4.78 is 2.22. The summed E-state index contributed by atoms with van der Waals surface area (Å²) in [6, 6.07) is 7.63. The largest absolute Gasteiger partial charge is 0.366 e. The summed E-state index contributed by atoms with van der Waals surface area (Å²) in [4.78, 5) is 14.7. The molecule has 1 fully saturated rings. The van der Waals surface area contributed by atoms with Crippen molar-refractivity contribution in [3.63, 3.8) is 0 Å². The Hall–Kier alpha value is -1.78. The van der Waals surface area contributed by atoms with Crippen molar-refractivity contribution in [1.29, 1.82) is 0 Å². The zero-order chi connectivity index (χ0) is 18.0. The maximum Gasteiger partial charge on any atom is 0.251 e. The van der Waals surface area contributed by atoms with Crippen LogP contribution in [0.3, 0.4) is 0 Å². The van der Waals surface area contributed by atoms with Crippen LogP contribution < -0.4 is 5.73 Å². The highest BCUT2D eigenvalue weighted by molar-refractivity contribution is 6.33. The second-order valence-electron chi connectivity index (χ2n) is 6.82. The van der Waals surface area contributed by atoms with Crippen molar-refractivity contribution >= 4 is 17.5 Å². The van der Waals surface area contributed by atoms with Gasteiger partial charge in [0.05, 0.1) is 5.56 Å². The molecule has 2 aromatic rings. The van der Waals surface area contributed by atoms with E-state index in [1.165, 1.54) is 32.4 Å². The maximum absolute atomic E-state index is 12.2. The van der Waals surface area contributed by atoms with Crippen molar-refractivity contribution in [1.82, 2.24) is 9.47 Å². The molecular formula is C20H26ClN3O. The first kappa shape index (κ1) is 18.0. The van der Waals surface area contributed by atoms with Crippen LogP contribution in [0.15, 0.2) is 24.3 Å². The molecule has 1 aliphatic heterocycles. The monoisotopic (exact) mass is 359 g/mol. The van der Waals surface area contributed by atoms with Gasteiger partial charge in [0.1, 0.15) is 0 Å². The second kappa shape index (κ2) is 7.63. The zero-order valence-electron chi connectivity index (χ0n) is 15.0. The Labute approximate surface area is 154 Å². The summed E-state index contributed by atoms with van der Waals surface area (Å²) in [5.41, 5.74) is 10.0. The van der Waals surface area contributed by atoms with Crippen LogP contribution in [0.5, 0.6) is 0 Å². The Morgan fingerprint density at radius 2 is 1.76 bits per heavy atom. The van der Waals surface area contributed by atoms with Gasteiger partial charge in [0, 0.05) is 40.6 Å². The molecule has 25 heavy (non-hydrogen) atoms. The normalized spacial score (nSPS) is 15.5. The van der Waals surface area contributed by atoms with Crippen LogP contribution in [0, 0.1) is 13.8 Å². The molecule has 0 unspecified atom stereocenters. The third-order valence-electron chi connectivity index (χ3n) is 5.26. The average molecular weight is 360 g/mol. The number of benzene rings is 1. The minimum atomic E-state index is -0.396. The van der Waals surface area contributed by atoms with Gasteiger partial charge < -0.3 is 15.2 Å². The maximum atomic E-state index is 12.2. The van der Waals surface area contributed by atoms with E-state index in [-0.39, 0.29) is 0 Å². The Bertz CT molecular complexity index is 775. The molecule has 1 amide bonds. The average Bonchev–Trinajstić information content (AvgIpc) is 2.85. The number of halogens is 1. The predicted molar refractivity (Wildman–Crippen MR) is 103 cm³/mol. The molecule has 4 nitrogen and oxygen atoms in total. The number of hydrogen-bond acceptors (Lipinski definition) is 2. The smallest absolute Gasteiger partial charge is 0.251 e. The lowest BCUT2D eigenvalue weighted by molar-refractivity contribution is 0.1000. The van der Waals surface area contributed by atoms with Crippen LogP contribution >= 0.6 is 11.6 Å². The molecule has 2 N–H and O–H groups in total. The van der Waals surface area contributed by atoms with Gasteiger partial charge in [0.25, 0.3) is 5.91 Å². The molecule has 5 heteroatoms. The summed E-state index contributed by atoms with van der Waals surface area (Å²) >= 11 is 6.40. The molecule has 134 valence electrons. The Kier molecular flexibility index (Phi) is 5.50. The fourth-order valence-corrected chi connectivity index (χ4v) is 4.17. The molecule has 0 spiro atoms. The van der Waals surface area contributed by atoms with E-state index in [0.29, 0.717) is 10.6 Å². The van der Waals surface area contributed by atoms with Crippen molar-refractivity contribution in [3.05, 3.63) is 46.2 Å². The van der Waals surface area contributed by atoms with E-state index in [1.807, 2.05) is 38.1 Å². The van der Waals surface area contributed by atoms with E-state index in [1.54, 1.807) is 0 Å². The molecule has 0 aliphatic carbocycles. The van der Waals surface area contributed by atoms with Gasteiger partial charge in [-0.05, 0) is 45.8 Å². The quantitative estimate of drug-likeness (QED) is 0.876. The van der Waals surface area contributed by atoms with Gasteiger partial charge in [-0.2, -0.15) is 0 Å². The van der Waals surface area contributed by atoms with Crippen LogP contribution in [-0.4, -0.2) is 35.0 Å². The Morgan fingerprint density at radius 3 is 2.40 bits per heavy atom. The van der Waals surface area contributed by atoms with Crippen LogP contribution in [-0.2, 0) is 6.54 Å². The number of amides is 1. The number of carbonyl (C=O) groups excluding carboxylic acids is 1. The molecule has 0 bridgehead atoms. The van der Waals surface area contributed by atoms with Crippen LogP contribution in [0.1, 0.15) is 41.0 Å². The lowest BCUT2D eigenvalue weighted by Gasteiger charge is -2.27. The van der Waals surface area contributed by atoms with Gasteiger partial charge in [0.15, 0.2) is 0 Å². The van der Waals surface area contributed by atoms with Crippen molar-refractivity contribution in [2.75, 3.05) is 19.6 Å². The van der Waals surface area contributed by atoms with Gasteiger partial charge in [0.2, 0.25) is 0 Å². The summed E-state index contributed by atoms with van der Waals surface area (Å²) in [6.45, 7) is 8.22. The Balaban J connectivity index is 1.98. The number of likely N-dealkylation sites (tertiary alicyclic amines) is 1. The van der Waals surface area contributed by atoms with Crippen LogP contribution in [0.2, 0.25) is 5.02 Å². The number of aromatic nitrogens is 1. The standard InChI is InChI=1S/C20H26ClN3O/c1-14-18(16-8-4-5-9-17(16)21)19(20(22)25)15(2)24(14)13-12-23-10-6-3-7-11-23/h4-5,8-9H,3,6-7,10-13H2,1-2H3,(H2,22,25). The number of nitrogens with zero attached hydrogens (tertiary/aromatic N) is 2. The molecule has 1 aromatic carbocycles. The molecule has 1 aliphatic rings. The minimum Gasteiger partial charge on any atom is -0.366 e. The Morgan fingerprint density at radius 1 is 1.08 bits per heavy atom. The van der Waals surface area contributed by atoms with Crippen molar-refractivity contribution < 1.29 is 4.79 Å². The molecule has 0 atom stereocenters. The van der Waals surface area contributed by atoms with E-state index in [0.717, 1.165) is 35.6 Å². The van der Waals surface area contributed by atoms with E-state index < -0.39 is 5.91 Å². The first-order valence-electron chi connectivity index (χ1n) is 8.97. The summed E-state index contributed by atoms with van der Waals surface area (Å²) in [6.07, 6.45) is 3.89. The molecular weight excluding hydrogens is 334 g/mol. The van der Waals surface area contributed by atoms with E-state index >= 15 is 0 Å². The highest BCUT2D eigenvalue weighted by Gasteiger charge is 2.24. The van der Waals surface area contributed by atoms with Crippen LogP contribution in [0.4, 0.5) is 0 Å². The fourth-order valence-electron chi connectivity index (χ4n) is 3.94. The molecule has 3 rings (SSSR count). The fraction of sp³-hybridized carbons (Fsp3) is 0.450. The highest BCUT2D eigenvalue weighted by Crippen LogP contribution is 2.36. The summed E-state index contributed by atoms with van der Waals surface area (Å²) in [5, 5.41) is 0.640. The van der Waals surface area contributed by atoms with Crippen molar-refractivity contribution in [2.24, 2.45) is 5.73 Å². The van der Waals surface area contributed by atoms with Gasteiger partial charge in [-0.25, -0.2) is 0 Å². The third-order valence-corrected chi connectivity index (χ3v) is 5.59. The van der Waals surface area contributed by atoms with E-state index in [2.05, 4.69) is 9.47 Å². The molecule has 1 saturated heterocycles. The first-order valence-corrected chi connectivity index (χ1v) is 9.35. The second-order valence-corrected chi connectivity index (χ2v) is 7.23. The van der Waals surface area contributed by atoms with Gasteiger partial charge in [-0.3, -0.25) is 4.79 Å². The van der Waals surface area contributed by atoms with Crippen LogP contribution in [0.25, 0.3) is 11.1 Å². The molecule has 0 radical (unpaired) electrons.